The van der Waals surface area contributed by atoms with Gasteiger partial charge in [0.1, 0.15) is 5.54 Å². The summed E-state index contributed by atoms with van der Waals surface area (Å²) in [5, 5.41) is 12.4. The highest BCUT2D eigenvalue weighted by atomic mass is 35.5. The second-order valence-corrected chi connectivity index (χ2v) is 5.57. The Morgan fingerprint density at radius 2 is 2.11 bits per heavy atom. The first-order valence-corrected chi connectivity index (χ1v) is 6.96. The van der Waals surface area contributed by atoms with E-state index in [-0.39, 0.29) is 5.91 Å². The second kappa shape index (κ2) is 6.67. The zero-order valence-corrected chi connectivity index (χ0v) is 11.9. The lowest BCUT2D eigenvalue weighted by atomic mass is 10.0. The number of nitrogens with one attached hydrogen (secondary N) is 1. The standard InChI is InChI=1S/C13H15ClN2OS/c1-3-13(2,9-15)16-12(17)8-18-11-6-4-10(14)5-7-11/h4-7H,3,8H2,1-2H3,(H,16,17)/t13-/m0/s1. The number of halogens is 1. The van der Waals surface area contributed by atoms with Crippen molar-refractivity contribution in [1.29, 1.82) is 5.26 Å². The molecule has 0 fully saturated rings. The number of thioether (sulfide) groups is 1. The molecule has 18 heavy (non-hydrogen) atoms. The Bertz CT molecular complexity index is 455. The fourth-order valence-electron chi connectivity index (χ4n) is 1.22. The summed E-state index contributed by atoms with van der Waals surface area (Å²) in [4.78, 5) is 12.7. The van der Waals surface area contributed by atoms with Crippen molar-refractivity contribution in [3.63, 3.8) is 0 Å². The van der Waals surface area contributed by atoms with Crippen LogP contribution >= 0.6 is 23.4 Å². The van der Waals surface area contributed by atoms with Gasteiger partial charge in [-0.1, -0.05) is 18.5 Å². The molecule has 0 aliphatic heterocycles. The minimum atomic E-state index is -0.780. The van der Waals surface area contributed by atoms with E-state index in [1.807, 2.05) is 19.1 Å². The molecule has 0 saturated heterocycles. The highest BCUT2D eigenvalue weighted by molar-refractivity contribution is 8.00. The molecular formula is C13H15ClN2OS. The van der Waals surface area contributed by atoms with Gasteiger partial charge in [-0.2, -0.15) is 5.26 Å². The molecule has 1 atom stereocenters. The molecular weight excluding hydrogens is 268 g/mol. The van der Waals surface area contributed by atoms with Crippen LogP contribution in [0.1, 0.15) is 20.3 Å². The molecule has 0 radical (unpaired) electrons. The number of nitriles is 1. The zero-order valence-electron chi connectivity index (χ0n) is 10.4. The summed E-state index contributed by atoms with van der Waals surface area (Å²) in [7, 11) is 0. The van der Waals surface area contributed by atoms with Crippen LogP contribution in [0.25, 0.3) is 0 Å². The Morgan fingerprint density at radius 3 is 2.61 bits per heavy atom. The van der Waals surface area contributed by atoms with Gasteiger partial charge in [-0.15, -0.1) is 11.8 Å². The van der Waals surface area contributed by atoms with Crippen LogP contribution in [0, 0.1) is 11.3 Å². The van der Waals surface area contributed by atoms with Crippen LogP contribution in [-0.4, -0.2) is 17.2 Å². The average Bonchev–Trinajstić information content (AvgIpc) is 2.38. The van der Waals surface area contributed by atoms with Crippen molar-refractivity contribution in [1.82, 2.24) is 5.32 Å². The molecule has 0 aliphatic rings. The normalized spacial score (nSPS) is 13.4. The van der Waals surface area contributed by atoms with Gasteiger partial charge >= 0.3 is 0 Å². The molecule has 0 bridgehead atoms. The van der Waals surface area contributed by atoms with Gasteiger partial charge in [0.25, 0.3) is 0 Å². The molecule has 1 amide bonds. The molecule has 0 aromatic heterocycles. The SMILES string of the molecule is CC[C@@](C)(C#N)NC(=O)CSc1ccc(Cl)cc1. The smallest absolute Gasteiger partial charge is 0.231 e. The maximum atomic E-state index is 11.7. The van der Waals surface area contributed by atoms with Gasteiger partial charge in [0.05, 0.1) is 11.8 Å². The summed E-state index contributed by atoms with van der Waals surface area (Å²) in [5.41, 5.74) is -0.780. The van der Waals surface area contributed by atoms with E-state index >= 15 is 0 Å². The van der Waals surface area contributed by atoms with Crippen LogP contribution in [0.15, 0.2) is 29.2 Å². The maximum absolute atomic E-state index is 11.7. The Morgan fingerprint density at radius 1 is 1.50 bits per heavy atom. The molecule has 0 saturated carbocycles. The van der Waals surface area contributed by atoms with Crippen molar-refractivity contribution in [2.45, 2.75) is 30.7 Å². The van der Waals surface area contributed by atoms with E-state index in [1.54, 1.807) is 19.1 Å². The topological polar surface area (TPSA) is 52.9 Å². The molecule has 0 heterocycles. The number of nitrogens with zero attached hydrogens (tertiary/aromatic N) is 1. The molecule has 0 unspecified atom stereocenters. The van der Waals surface area contributed by atoms with E-state index in [4.69, 9.17) is 16.9 Å². The van der Waals surface area contributed by atoms with Crippen molar-refractivity contribution >= 4 is 29.3 Å². The van der Waals surface area contributed by atoms with Gasteiger partial charge in [0, 0.05) is 9.92 Å². The molecule has 1 N–H and O–H groups in total. The second-order valence-electron chi connectivity index (χ2n) is 4.09. The van der Waals surface area contributed by atoms with E-state index in [1.165, 1.54) is 11.8 Å². The molecule has 0 aliphatic carbocycles. The van der Waals surface area contributed by atoms with Gasteiger partial charge in [0.2, 0.25) is 5.91 Å². The third kappa shape index (κ3) is 4.59. The summed E-state index contributed by atoms with van der Waals surface area (Å²) in [6.07, 6.45) is 0.584. The highest BCUT2D eigenvalue weighted by Gasteiger charge is 2.23. The molecule has 1 aromatic carbocycles. The van der Waals surface area contributed by atoms with E-state index in [0.717, 1.165) is 4.90 Å². The van der Waals surface area contributed by atoms with Crippen molar-refractivity contribution in [2.24, 2.45) is 0 Å². The number of hydrogen-bond donors (Lipinski definition) is 1. The van der Waals surface area contributed by atoms with Crippen molar-refractivity contribution < 1.29 is 4.79 Å². The summed E-state index contributed by atoms with van der Waals surface area (Å²) >= 11 is 7.19. The summed E-state index contributed by atoms with van der Waals surface area (Å²) < 4.78 is 0. The first-order valence-electron chi connectivity index (χ1n) is 5.60. The third-order valence-corrected chi connectivity index (χ3v) is 3.82. The molecule has 0 spiro atoms. The monoisotopic (exact) mass is 282 g/mol. The fourth-order valence-corrected chi connectivity index (χ4v) is 2.04. The quantitative estimate of drug-likeness (QED) is 0.844. The Labute approximate surface area is 117 Å². The summed E-state index contributed by atoms with van der Waals surface area (Å²) in [6, 6.07) is 9.41. The fraction of sp³-hybridized carbons (Fsp3) is 0.385. The largest absolute Gasteiger partial charge is 0.337 e. The summed E-state index contributed by atoms with van der Waals surface area (Å²) in [5.74, 6) is 0.152. The Balaban J connectivity index is 2.47. The first kappa shape index (κ1) is 14.9. The van der Waals surface area contributed by atoms with E-state index < -0.39 is 5.54 Å². The van der Waals surface area contributed by atoms with E-state index in [0.29, 0.717) is 17.2 Å². The number of rotatable bonds is 5. The van der Waals surface area contributed by atoms with Gasteiger partial charge in [-0.25, -0.2) is 0 Å². The van der Waals surface area contributed by atoms with Gasteiger partial charge < -0.3 is 5.32 Å². The van der Waals surface area contributed by atoms with Crippen molar-refractivity contribution in [3.8, 4) is 6.07 Å². The maximum Gasteiger partial charge on any atom is 0.231 e. The van der Waals surface area contributed by atoms with Crippen LogP contribution < -0.4 is 5.32 Å². The number of carbonyl (C=O) groups excluding carboxylic acids is 1. The summed E-state index contributed by atoms with van der Waals surface area (Å²) in [6.45, 7) is 3.59. The molecule has 5 heteroatoms. The average molecular weight is 283 g/mol. The first-order chi connectivity index (χ1) is 8.49. The molecule has 1 rings (SSSR count). The lowest BCUT2D eigenvalue weighted by Gasteiger charge is -2.20. The van der Waals surface area contributed by atoms with Crippen molar-refractivity contribution in [3.05, 3.63) is 29.3 Å². The van der Waals surface area contributed by atoms with Crippen LogP contribution in [0.5, 0.6) is 0 Å². The van der Waals surface area contributed by atoms with Gasteiger partial charge in [-0.05, 0) is 37.6 Å². The van der Waals surface area contributed by atoms with E-state index in [2.05, 4.69) is 11.4 Å². The molecule has 96 valence electrons. The number of amides is 1. The van der Waals surface area contributed by atoms with Crippen LogP contribution in [0.3, 0.4) is 0 Å². The van der Waals surface area contributed by atoms with Crippen molar-refractivity contribution in [2.75, 3.05) is 5.75 Å². The lowest BCUT2D eigenvalue weighted by molar-refractivity contribution is -0.119. The van der Waals surface area contributed by atoms with Gasteiger partial charge in [0.15, 0.2) is 0 Å². The highest BCUT2D eigenvalue weighted by Crippen LogP contribution is 2.20. The lowest BCUT2D eigenvalue weighted by Crippen LogP contribution is -2.45. The third-order valence-electron chi connectivity index (χ3n) is 2.55. The number of hydrogen-bond acceptors (Lipinski definition) is 3. The molecule has 1 aromatic rings. The van der Waals surface area contributed by atoms with E-state index in [9.17, 15) is 4.79 Å². The van der Waals surface area contributed by atoms with Crippen LogP contribution in [0.2, 0.25) is 5.02 Å². The predicted molar refractivity (Wildman–Crippen MR) is 74.6 cm³/mol. The van der Waals surface area contributed by atoms with Crippen LogP contribution in [-0.2, 0) is 4.79 Å². The van der Waals surface area contributed by atoms with Gasteiger partial charge in [-0.3, -0.25) is 4.79 Å². The Kier molecular flexibility index (Phi) is 5.52. The zero-order chi connectivity index (χ0) is 13.6. The van der Waals surface area contributed by atoms with Crippen LogP contribution in [0.4, 0.5) is 0 Å². The Hall–Kier alpha value is -1.18. The number of carbonyl (C=O) groups is 1. The minimum absolute atomic E-state index is 0.138. The predicted octanol–water partition coefficient (Wildman–Crippen LogP) is 3.24. The molecule has 3 nitrogen and oxygen atoms in total. The number of benzene rings is 1. The minimum Gasteiger partial charge on any atom is -0.337 e.